The lowest BCUT2D eigenvalue weighted by Crippen LogP contribution is -2.49. The molecule has 0 bridgehead atoms. The van der Waals surface area contributed by atoms with Crippen molar-refractivity contribution in [3.63, 3.8) is 0 Å². The van der Waals surface area contributed by atoms with Crippen molar-refractivity contribution in [3.05, 3.63) is 144 Å². The standard InChI is InChI=1S/C40H42N4O4/c1-27-35(31-21-13-7-14-22-31)43(39(47)41(27)3)37(45)33(25-29-17-9-5-10-18-29)34(26-30-19-11-6-12-20-30)38(46)44-36(28(2)42(4)40(44)48)32-23-15-8-16-24-32/h5-24,27-28,33-36H,25-26H2,1-4H3/t27-,28-,33-,34-,35-,36-/m0/s1. The van der Waals surface area contributed by atoms with Gasteiger partial charge in [-0.15, -0.1) is 0 Å². The number of imide groups is 2. The largest absolute Gasteiger partial charge is 0.327 e. The lowest BCUT2D eigenvalue weighted by atomic mass is 9.80. The highest BCUT2D eigenvalue weighted by Crippen LogP contribution is 2.41. The Morgan fingerprint density at radius 2 is 0.812 bits per heavy atom. The summed E-state index contributed by atoms with van der Waals surface area (Å²) in [6.07, 6.45) is 0.436. The normalized spacial score (nSPS) is 22.2. The maximum Gasteiger partial charge on any atom is 0.327 e. The highest BCUT2D eigenvalue weighted by Gasteiger charge is 2.52. The molecule has 48 heavy (non-hydrogen) atoms. The molecular formula is C40H42N4O4. The molecule has 0 aliphatic carbocycles. The van der Waals surface area contributed by atoms with Gasteiger partial charge in [-0.2, -0.15) is 0 Å². The van der Waals surface area contributed by atoms with E-state index in [-0.39, 0.29) is 24.9 Å². The van der Waals surface area contributed by atoms with Gasteiger partial charge in [0.2, 0.25) is 11.8 Å². The molecule has 6 atom stereocenters. The van der Waals surface area contributed by atoms with E-state index in [0.717, 1.165) is 22.3 Å². The minimum atomic E-state index is -0.945. The molecule has 0 N–H and O–H groups in total. The van der Waals surface area contributed by atoms with E-state index in [0.29, 0.717) is 0 Å². The third-order valence-corrected chi connectivity index (χ3v) is 10.2. The maximum atomic E-state index is 15.2. The second-order valence-electron chi connectivity index (χ2n) is 13.0. The second-order valence-corrected chi connectivity index (χ2v) is 13.0. The van der Waals surface area contributed by atoms with E-state index in [9.17, 15) is 9.59 Å². The summed E-state index contributed by atoms with van der Waals surface area (Å²) in [5.74, 6) is -2.74. The van der Waals surface area contributed by atoms with Crippen LogP contribution in [-0.2, 0) is 22.4 Å². The van der Waals surface area contributed by atoms with E-state index < -0.39 is 47.8 Å². The monoisotopic (exact) mass is 642 g/mol. The summed E-state index contributed by atoms with van der Waals surface area (Å²) in [6.45, 7) is 3.87. The van der Waals surface area contributed by atoms with Crippen LogP contribution in [0.3, 0.4) is 0 Å². The average molecular weight is 643 g/mol. The Hall–Kier alpha value is -5.24. The summed E-state index contributed by atoms with van der Waals surface area (Å²) < 4.78 is 0. The molecule has 2 heterocycles. The molecule has 4 aromatic rings. The van der Waals surface area contributed by atoms with Gasteiger partial charge in [-0.05, 0) is 48.9 Å². The number of benzene rings is 4. The van der Waals surface area contributed by atoms with Gasteiger partial charge in [0.1, 0.15) is 0 Å². The van der Waals surface area contributed by atoms with Gasteiger partial charge in [0.05, 0.1) is 36.0 Å². The lowest BCUT2D eigenvalue weighted by Gasteiger charge is -2.34. The summed E-state index contributed by atoms with van der Waals surface area (Å²) in [4.78, 5) is 64.1. The van der Waals surface area contributed by atoms with Crippen LogP contribution in [0.5, 0.6) is 0 Å². The smallest absolute Gasteiger partial charge is 0.322 e. The molecule has 8 nitrogen and oxygen atoms in total. The highest BCUT2D eigenvalue weighted by atomic mass is 16.2. The molecule has 0 spiro atoms. The predicted molar refractivity (Wildman–Crippen MR) is 185 cm³/mol. The highest BCUT2D eigenvalue weighted by molar-refractivity contribution is 6.03. The van der Waals surface area contributed by atoms with Crippen LogP contribution in [0.1, 0.15) is 48.2 Å². The molecule has 2 aliphatic rings. The molecule has 0 unspecified atom stereocenters. The number of amides is 6. The van der Waals surface area contributed by atoms with Crippen LogP contribution in [0.4, 0.5) is 9.59 Å². The minimum absolute atomic E-state index is 0.218. The lowest BCUT2D eigenvalue weighted by molar-refractivity contribution is -0.144. The van der Waals surface area contributed by atoms with Crippen LogP contribution in [0.15, 0.2) is 121 Å². The van der Waals surface area contributed by atoms with Gasteiger partial charge in [-0.3, -0.25) is 19.4 Å². The first-order valence-electron chi connectivity index (χ1n) is 16.6. The molecule has 2 aliphatic heterocycles. The zero-order valence-electron chi connectivity index (χ0n) is 27.8. The average Bonchev–Trinajstić information content (AvgIpc) is 3.49. The molecule has 2 fully saturated rings. The van der Waals surface area contributed by atoms with E-state index in [1.807, 2.05) is 135 Å². The molecule has 0 saturated carbocycles. The summed E-state index contributed by atoms with van der Waals surface area (Å²) in [5.41, 5.74) is 3.41. The molecule has 246 valence electrons. The fourth-order valence-corrected chi connectivity index (χ4v) is 7.30. The second kappa shape index (κ2) is 13.9. The van der Waals surface area contributed by atoms with E-state index in [1.54, 1.807) is 23.9 Å². The van der Waals surface area contributed by atoms with Gasteiger partial charge in [0.15, 0.2) is 0 Å². The van der Waals surface area contributed by atoms with Crippen molar-refractivity contribution in [3.8, 4) is 0 Å². The maximum absolute atomic E-state index is 15.2. The Balaban J connectivity index is 1.49. The number of rotatable bonds is 9. The van der Waals surface area contributed by atoms with Gasteiger partial charge in [-0.1, -0.05) is 121 Å². The Morgan fingerprint density at radius 3 is 1.12 bits per heavy atom. The summed E-state index contributed by atoms with van der Waals surface area (Å²) in [7, 11) is 3.42. The SMILES string of the molecule is C[C@H]1[C@@H](c2ccccc2)N(C(=O)[C@@H](Cc2ccccc2)[C@H](Cc2ccccc2)C(=O)N2C(=O)N(C)[C@@H](C)[C@H]2c2ccccc2)C(=O)N1C. The van der Waals surface area contributed by atoms with Crippen LogP contribution in [-0.4, -0.2) is 69.7 Å². The molecule has 2 saturated heterocycles. The van der Waals surface area contributed by atoms with Crippen LogP contribution < -0.4 is 0 Å². The zero-order chi connectivity index (χ0) is 33.9. The fraction of sp³-hybridized carbons (Fsp3) is 0.300. The van der Waals surface area contributed by atoms with Crippen LogP contribution in [0, 0.1) is 11.8 Å². The topological polar surface area (TPSA) is 81.2 Å². The molecule has 4 aromatic carbocycles. The first-order chi connectivity index (χ1) is 23.2. The van der Waals surface area contributed by atoms with Gasteiger partial charge in [0, 0.05) is 14.1 Å². The van der Waals surface area contributed by atoms with Crippen LogP contribution in [0.2, 0.25) is 0 Å². The van der Waals surface area contributed by atoms with Crippen molar-refractivity contribution in [2.24, 2.45) is 11.8 Å². The first-order valence-corrected chi connectivity index (χ1v) is 16.6. The van der Waals surface area contributed by atoms with Gasteiger partial charge in [0.25, 0.3) is 0 Å². The number of likely N-dealkylation sites (N-methyl/N-ethyl adjacent to an activating group) is 2. The molecule has 6 amide bonds. The Bertz CT molecular complexity index is 1620. The zero-order valence-corrected chi connectivity index (χ0v) is 27.8. The third-order valence-electron chi connectivity index (χ3n) is 10.2. The van der Waals surface area contributed by atoms with Crippen molar-refractivity contribution in [1.29, 1.82) is 0 Å². The molecule has 8 heteroatoms. The van der Waals surface area contributed by atoms with Crippen molar-refractivity contribution in [1.82, 2.24) is 19.6 Å². The van der Waals surface area contributed by atoms with Gasteiger partial charge < -0.3 is 9.80 Å². The Morgan fingerprint density at radius 1 is 0.521 bits per heavy atom. The fourth-order valence-electron chi connectivity index (χ4n) is 7.30. The van der Waals surface area contributed by atoms with E-state index in [2.05, 4.69) is 0 Å². The Labute approximate surface area is 282 Å². The molecule has 0 aromatic heterocycles. The van der Waals surface area contributed by atoms with Crippen molar-refractivity contribution >= 4 is 23.9 Å². The predicted octanol–water partition coefficient (Wildman–Crippen LogP) is 6.75. The third kappa shape index (κ3) is 6.10. The van der Waals surface area contributed by atoms with Crippen molar-refractivity contribution < 1.29 is 19.2 Å². The van der Waals surface area contributed by atoms with Crippen molar-refractivity contribution in [2.45, 2.75) is 50.9 Å². The molecule has 6 rings (SSSR count). The quantitative estimate of drug-likeness (QED) is 0.202. The summed E-state index contributed by atoms with van der Waals surface area (Å²) in [6, 6.07) is 35.8. The van der Waals surface area contributed by atoms with Crippen molar-refractivity contribution in [2.75, 3.05) is 14.1 Å². The number of urea groups is 2. The number of nitrogens with zero attached hydrogens (tertiary/aromatic N) is 4. The Kier molecular flexibility index (Phi) is 9.44. The first kappa shape index (κ1) is 32.7. The number of hydrogen-bond acceptors (Lipinski definition) is 4. The van der Waals surface area contributed by atoms with E-state index >= 15 is 9.59 Å². The number of hydrogen-bond donors (Lipinski definition) is 0. The van der Waals surface area contributed by atoms with Gasteiger partial charge >= 0.3 is 12.1 Å². The number of carbonyl (C=O) groups excluding carboxylic acids is 4. The van der Waals surface area contributed by atoms with Crippen LogP contribution >= 0.6 is 0 Å². The summed E-state index contributed by atoms with van der Waals surface area (Å²) >= 11 is 0. The van der Waals surface area contributed by atoms with E-state index in [4.69, 9.17) is 0 Å². The molecular weight excluding hydrogens is 600 g/mol. The van der Waals surface area contributed by atoms with Gasteiger partial charge in [-0.25, -0.2) is 9.59 Å². The minimum Gasteiger partial charge on any atom is -0.322 e. The summed E-state index contributed by atoms with van der Waals surface area (Å²) in [5, 5.41) is 0. The van der Waals surface area contributed by atoms with E-state index in [1.165, 1.54) is 9.80 Å². The van der Waals surface area contributed by atoms with Crippen LogP contribution in [0.25, 0.3) is 0 Å². The molecule has 0 radical (unpaired) electrons. The number of carbonyl (C=O) groups is 4.